The van der Waals surface area contributed by atoms with Gasteiger partial charge in [0.1, 0.15) is 4.83 Å². The molecule has 0 radical (unpaired) electrons. The second-order valence-electron chi connectivity index (χ2n) is 4.64. The SMILES string of the molecule is CCc1cc(CC)n(-c2nc(Cl)nc3sc(C)cc23)n1. The zero-order chi connectivity index (χ0) is 14.3. The Labute approximate surface area is 126 Å². The number of hydrogen-bond donors (Lipinski definition) is 0. The number of fused-ring (bicyclic) bond motifs is 1. The second kappa shape index (κ2) is 5.14. The lowest BCUT2D eigenvalue weighted by Crippen LogP contribution is -2.05. The first-order chi connectivity index (χ1) is 9.62. The van der Waals surface area contributed by atoms with Gasteiger partial charge in [0, 0.05) is 10.6 Å². The molecule has 20 heavy (non-hydrogen) atoms. The number of rotatable bonds is 3. The van der Waals surface area contributed by atoms with Crippen molar-refractivity contribution in [1.82, 2.24) is 19.7 Å². The van der Waals surface area contributed by atoms with Crippen LogP contribution in [0.25, 0.3) is 16.0 Å². The molecule has 0 unspecified atom stereocenters. The van der Waals surface area contributed by atoms with E-state index in [2.05, 4.69) is 48.0 Å². The van der Waals surface area contributed by atoms with E-state index in [-0.39, 0.29) is 5.28 Å². The number of thiophene rings is 1. The number of aromatic nitrogens is 4. The minimum absolute atomic E-state index is 0.268. The van der Waals surface area contributed by atoms with Crippen LogP contribution in [0.3, 0.4) is 0 Å². The van der Waals surface area contributed by atoms with Crippen LogP contribution in [-0.2, 0) is 12.8 Å². The van der Waals surface area contributed by atoms with Gasteiger partial charge in [-0.3, -0.25) is 0 Å². The molecule has 4 nitrogen and oxygen atoms in total. The maximum absolute atomic E-state index is 6.06. The van der Waals surface area contributed by atoms with Gasteiger partial charge in [-0.25, -0.2) is 9.67 Å². The standard InChI is InChI=1S/C14H15ClN4S/c1-4-9-7-10(5-2)19(18-9)12-11-6-8(3)20-13(11)17-14(15)16-12/h6-7H,4-5H2,1-3H3. The maximum atomic E-state index is 6.06. The van der Waals surface area contributed by atoms with E-state index in [1.54, 1.807) is 11.3 Å². The third-order valence-electron chi connectivity index (χ3n) is 3.23. The van der Waals surface area contributed by atoms with Crippen molar-refractivity contribution in [3.05, 3.63) is 33.7 Å². The van der Waals surface area contributed by atoms with E-state index in [9.17, 15) is 0 Å². The Morgan fingerprint density at radius 2 is 2.00 bits per heavy atom. The van der Waals surface area contributed by atoms with Crippen LogP contribution in [0.1, 0.15) is 30.1 Å². The summed E-state index contributed by atoms with van der Waals surface area (Å²) in [4.78, 5) is 10.8. The van der Waals surface area contributed by atoms with Crippen molar-refractivity contribution in [2.45, 2.75) is 33.6 Å². The summed E-state index contributed by atoms with van der Waals surface area (Å²) in [5.74, 6) is 0.779. The van der Waals surface area contributed by atoms with Crippen molar-refractivity contribution in [2.75, 3.05) is 0 Å². The molecule has 104 valence electrons. The molecule has 0 aliphatic rings. The molecule has 3 aromatic rings. The largest absolute Gasteiger partial charge is 0.225 e. The van der Waals surface area contributed by atoms with Gasteiger partial charge in [-0.15, -0.1) is 11.3 Å². The average molecular weight is 307 g/mol. The fourth-order valence-electron chi connectivity index (χ4n) is 2.25. The quantitative estimate of drug-likeness (QED) is 0.688. The molecule has 0 saturated carbocycles. The number of halogens is 1. The third-order valence-corrected chi connectivity index (χ3v) is 4.34. The predicted octanol–water partition coefficient (Wildman–Crippen LogP) is 3.96. The molecular weight excluding hydrogens is 292 g/mol. The van der Waals surface area contributed by atoms with Crippen LogP contribution < -0.4 is 0 Å². The number of hydrogen-bond acceptors (Lipinski definition) is 4. The van der Waals surface area contributed by atoms with Crippen LogP contribution in [0.15, 0.2) is 12.1 Å². The Balaban J connectivity index is 2.30. The average Bonchev–Trinajstić information content (AvgIpc) is 2.99. The van der Waals surface area contributed by atoms with E-state index < -0.39 is 0 Å². The molecule has 0 saturated heterocycles. The van der Waals surface area contributed by atoms with Crippen LogP contribution >= 0.6 is 22.9 Å². The maximum Gasteiger partial charge on any atom is 0.225 e. The van der Waals surface area contributed by atoms with E-state index in [1.165, 1.54) is 4.88 Å². The number of aryl methyl sites for hydroxylation is 3. The van der Waals surface area contributed by atoms with Gasteiger partial charge < -0.3 is 0 Å². The summed E-state index contributed by atoms with van der Waals surface area (Å²) in [6.07, 6.45) is 1.81. The first kappa shape index (κ1) is 13.5. The van der Waals surface area contributed by atoms with Gasteiger partial charge >= 0.3 is 0 Å². The smallest absolute Gasteiger partial charge is 0.218 e. The summed E-state index contributed by atoms with van der Waals surface area (Å²) in [6.45, 7) is 6.28. The van der Waals surface area contributed by atoms with E-state index in [0.717, 1.165) is 40.3 Å². The fourth-order valence-corrected chi connectivity index (χ4v) is 3.33. The van der Waals surface area contributed by atoms with E-state index in [4.69, 9.17) is 11.6 Å². The van der Waals surface area contributed by atoms with Crippen molar-refractivity contribution in [3.63, 3.8) is 0 Å². The van der Waals surface area contributed by atoms with Crippen molar-refractivity contribution in [2.24, 2.45) is 0 Å². The van der Waals surface area contributed by atoms with Gasteiger partial charge in [-0.05, 0) is 43.5 Å². The Kier molecular flexibility index (Phi) is 3.48. The highest BCUT2D eigenvalue weighted by Crippen LogP contribution is 2.29. The van der Waals surface area contributed by atoms with E-state index in [0.29, 0.717) is 0 Å². The van der Waals surface area contributed by atoms with E-state index >= 15 is 0 Å². The zero-order valence-electron chi connectivity index (χ0n) is 11.6. The molecule has 3 aromatic heterocycles. The molecule has 0 spiro atoms. The molecule has 0 aliphatic heterocycles. The van der Waals surface area contributed by atoms with Gasteiger partial charge in [0.2, 0.25) is 5.28 Å². The van der Waals surface area contributed by atoms with Crippen molar-refractivity contribution < 1.29 is 0 Å². The summed E-state index contributed by atoms with van der Waals surface area (Å²) in [7, 11) is 0. The minimum Gasteiger partial charge on any atom is -0.218 e. The molecule has 0 aromatic carbocycles. The second-order valence-corrected chi connectivity index (χ2v) is 6.21. The monoisotopic (exact) mass is 306 g/mol. The number of nitrogens with zero attached hydrogens (tertiary/aromatic N) is 4. The molecule has 3 heterocycles. The van der Waals surface area contributed by atoms with Crippen LogP contribution in [0.2, 0.25) is 5.28 Å². The fraction of sp³-hybridized carbons (Fsp3) is 0.357. The van der Waals surface area contributed by atoms with Crippen LogP contribution in [0.5, 0.6) is 0 Å². The summed E-state index contributed by atoms with van der Waals surface area (Å²) < 4.78 is 1.90. The van der Waals surface area contributed by atoms with Gasteiger partial charge in [0.05, 0.1) is 11.1 Å². The highest BCUT2D eigenvalue weighted by Gasteiger charge is 2.15. The van der Waals surface area contributed by atoms with Gasteiger partial charge in [-0.2, -0.15) is 10.1 Å². The summed E-state index contributed by atoms with van der Waals surface area (Å²) in [5, 5.41) is 5.92. The normalized spacial score (nSPS) is 11.4. The first-order valence-electron chi connectivity index (χ1n) is 6.64. The van der Waals surface area contributed by atoms with E-state index in [1.807, 2.05) is 4.68 Å². The molecule has 0 atom stereocenters. The van der Waals surface area contributed by atoms with Crippen LogP contribution in [0, 0.1) is 6.92 Å². The summed E-state index contributed by atoms with van der Waals surface area (Å²) in [6, 6.07) is 4.22. The van der Waals surface area contributed by atoms with Crippen molar-refractivity contribution in [1.29, 1.82) is 0 Å². The molecule has 0 amide bonds. The highest BCUT2D eigenvalue weighted by atomic mass is 35.5. The molecule has 0 fully saturated rings. The highest BCUT2D eigenvalue weighted by molar-refractivity contribution is 7.18. The lowest BCUT2D eigenvalue weighted by molar-refractivity contribution is 0.776. The Hall–Kier alpha value is -1.46. The van der Waals surface area contributed by atoms with Crippen molar-refractivity contribution >= 4 is 33.2 Å². The van der Waals surface area contributed by atoms with Gasteiger partial charge in [0.15, 0.2) is 5.82 Å². The zero-order valence-corrected chi connectivity index (χ0v) is 13.2. The van der Waals surface area contributed by atoms with Gasteiger partial charge in [-0.1, -0.05) is 13.8 Å². The van der Waals surface area contributed by atoms with Crippen molar-refractivity contribution in [3.8, 4) is 5.82 Å². The topological polar surface area (TPSA) is 43.6 Å². The minimum atomic E-state index is 0.268. The van der Waals surface area contributed by atoms with Gasteiger partial charge in [0.25, 0.3) is 0 Å². The molecule has 3 rings (SSSR count). The Morgan fingerprint density at radius 1 is 1.20 bits per heavy atom. The first-order valence-corrected chi connectivity index (χ1v) is 7.83. The molecular formula is C14H15ClN4S. The molecule has 0 bridgehead atoms. The van der Waals surface area contributed by atoms with Crippen LogP contribution in [-0.4, -0.2) is 19.7 Å². The molecule has 6 heteroatoms. The third kappa shape index (κ3) is 2.21. The summed E-state index contributed by atoms with van der Waals surface area (Å²) >= 11 is 7.69. The summed E-state index contributed by atoms with van der Waals surface area (Å²) in [5.41, 5.74) is 2.21. The predicted molar refractivity (Wildman–Crippen MR) is 83.0 cm³/mol. The molecule has 0 aliphatic carbocycles. The lowest BCUT2D eigenvalue weighted by atomic mass is 10.2. The molecule has 0 N–H and O–H groups in total. The Morgan fingerprint density at radius 3 is 2.70 bits per heavy atom. The lowest BCUT2D eigenvalue weighted by Gasteiger charge is -2.06. The van der Waals surface area contributed by atoms with Crippen LogP contribution in [0.4, 0.5) is 0 Å². The Bertz CT molecular complexity index is 775.